The van der Waals surface area contributed by atoms with Gasteiger partial charge in [-0.2, -0.15) is 0 Å². The molecule has 1 atom stereocenters. The Labute approximate surface area is 143 Å². The second-order valence-electron chi connectivity index (χ2n) is 6.96. The molecule has 1 aromatic rings. The van der Waals surface area contributed by atoms with Gasteiger partial charge in [0.1, 0.15) is 0 Å². The number of nitrogens with zero attached hydrogens (tertiary/aromatic N) is 1. The summed E-state index contributed by atoms with van der Waals surface area (Å²) in [6.45, 7) is 4.22. The average Bonchev–Trinajstić information content (AvgIpc) is 3.05. The molecule has 0 radical (unpaired) electrons. The van der Waals surface area contributed by atoms with Crippen LogP contribution in [0.15, 0.2) is 24.3 Å². The van der Waals surface area contributed by atoms with Gasteiger partial charge in [-0.25, -0.2) is 0 Å². The number of hydrogen-bond donors (Lipinski definition) is 2. The fourth-order valence-corrected chi connectivity index (χ4v) is 3.71. The van der Waals surface area contributed by atoms with Gasteiger partial charge in [0, 0.05) is 25.7 Å². The highest BCUT2D eigenvalue weighted by molar-refractivity contribution is 5.88. The lowest BCUT2D eigenvalue weighted by Gasteiger charge is -2.35. The topological polar surface area (TPSA) is 61.4 Å². The van der Waals surface area contributed by atoms with Gasteiger partial charge in [-0.3, -0.25) is 14.5 Å². The molecule has 2 amide bonds. The Bertz CT molecular complexity index is 596. The molecule has 1 aromatic carbocycles. The van der Waals surface area contributed by atoms with Crippen molar-refractivity contribution in [1.29, 1.82) is 0 Å². The number of amides is 2. The molecule has 1 saturated heterocycles. The molecule has 5 heteroatoms. The van der Waals surface area contributed by atoms with Gasteiger partial charge in [-0.05, 0) is 30.9 Å². The largest absolute Gasteiger partial charge is 0.353 e. The summed E-state index contributed by atoms with van der Waals surface area (Å²) in [6, 6.07) is 8.15. The maximum Gasteiger partial charge on any atom is 0.237 e. The second-order valence-corrected chi connectivity index (χ2v) is 6.96. The summed E-state index contributed by atoms with van der Waals surface area (Å²) in [7, 11) is 0. The van der Waals surface area contributed by atoms with Gasteiger partial charge in [0.15, 0.2) is 0 Å². The standard InChI is InChI=1S/C19H27N3O2/c1-14-6-2-3-7-15(14)13-22-11-10-20-19(24)17(22)12-18(23)21-16-8-4-5-9-16/h2-3,6-7,16-17H,4-5,8-13H2,1H3,(H,20,24)(H,21,23). The van der Waals surface area contributed by atoms with Crippen LogP contribution in [0.2, 0.25) is 0 Å². The van der Waals surface area contributed by atoms with E-state index in [1.54, 1.807) is 0 Å². The predicted molar refractivity (Wildman–Crippen MR) is 93.4 cm³/mol. The normalized spacial score (nSPS) is 22.4. The summed E-state index contributed by atoms with van der Waals surface area (Å²) >= 11 is 0. The molecule has 1 saturated carbocycles. The minimum atomic E-state index is -0.375. The number of aryl methyl sites for hydroxylation is 1. The van der Waals surface area contributed by atoms with Gasteiger partial charge in [0.2, 0.25) is 11.8 Å². The minimum Gasteiger partial charge on any atom is -0.353 e. The highest BCUT2D eigenvalue weighted by atomic mass is 16.2. The van der Waals surface area contributed by atoms with Crippen molar-refractivity contribution in [3.05, 3.63) is 35.4 Å². The Kier molecular flexibility index (Phi) is 5.51. The first-order chi connectivity index (χ1) is 11.6. The summed E-state index contributed by atoms with van der Waals surface area (Å²) in [4.78, 5) is 26.8. The quantitative estimate of drug-likeness (QED) is 0.865. The molecule has 0 spiro atoms. The van der Waals surface area contributed by atoms with E-state index in [0.29, 0.717) is 19.1 Å². The lowest BCUT2D eigenvalue weighted by atomic mass is 10.0. The average molecular weight is 329 g/mol. The van der Waals surface area contributed by atoms with Crippen LogP contribution in [0.1, 0.15) is 43.2 Å². The Hall–Kier alpha value is -1.88. The summed E-state index contributed by atoms with van der Waals surface area (Å²) in [5.41, 5.74) is 2.44. The molecule has 2 aliphatic rings. The molecular formula is C19H27N3O2. The van der Waals surface area contributed by atoms with Crippen molar-refractivity contribution in [3.63, 3.8) is 0 Å². The first kappa shape index (κ1) is 17.0. The van der Waals surface area contributed by atoms with E-state index in [0.717, 1.165) is 19.4 Å². The summed E-state index contributed by atoms with van der Waals surface area (Å²) in [5, 5.41) is 6.00. The van der Waals surface area contributed by atoms with Gasteiger partial charge < -0.3 is 10.6 Å². The van der Waals surface area contributed by atoms with Gasteiger partial charge in [-0.15, -0.1) is 0 Å². The number of carbonyl (C=O) groups excluding carboxylic acids is 2. The van der Waals surface area contributed by atoms with Crippen molar-refractivity contribution in [2.75, 3.05) is 13.1 Å². The lowest BCUT2D eigenvalue weighted by molar-refractivity contribution is -0.134. The fourth-order valence-electron chi connectivity index (χ4n) is 3.71. The fraction of sp³-hybridized carbons (Fsp3) is 0.579. The number of piperazine rings is 1. The molecule has 130 valence electrons. The molecule has 24 heavy (non-hydrogen) atoms. The number of nitrogens with one attached hydrogen (secondary N) is 2. The molecule has 3 rings (SSSR count). The predicted octanol–water partition coefficient (Wildman–Crippen LogP) is 1.74. The van der Waals surface area contributed by atoms with Crippen LogP contribution in [0.3, 0.4) is 0 Å². The van der Waals surface area contributed by atoms with Crippen molar-refractivity contribution in [2.45, 2.75) is 57.7 Å². The van der Waals surface area contributed by atoms with Crippen molar-refractivity contribution in [2.24, 2.45) is 0 Å². The Morgan fingerprint density at radius 1 is 1.29 bits per heavy atom. The Morgan fingerprint density at radius 2 is 2.04 bits per heavy atom. The summed E-state index contributed by atoms with van der Waals surface area (Å²) in [6.07, 6.45) is 4.75. The zero-order valence-corrected chi connectivity index (χ0v) is 14.4. The first-order valence-corrected chi connectivity index (χ1v) is 8.99. The van der Waals surface area contributed by atoms with Gasteiger partial charge in [0.25, 0.3) is 0 Å². The maximum atomic E-state index is 12.4. The Morgan fingerprint density at radius 3 is 2.79 bits per heavy atom. The van der Waals surface area contributed by atoms with Crippen LogP contribution in [-0.2, 0) is 16.1 Å². The van der Waals surface area contributed by atoms with E-state index in [1.807, 2.05) is 12.1 Å². The molecule has 0 bridgehead atoms. The Balaban J connectivity index is 1.64. The van der Waals surface area contributed by atoms with Crippen molar-refractivity contribution in [1.82, 2.24) is 15.5 Å². The number of carbonyl (C=O) groups is 2. The molecule has 1 aliphatic carbocycles. The third-order valence-electron chi connectivity index (χ3n) is 5.18. The zero-order chi connectivity index (χ0) is 16.9. The van der Waals surface area contributed by atoms with E-state index >= 15 is 0 Å². The van der Waals surface area contributed by atoms with Crippen LogP contribution in [0.4, 0.5) is 0 Å². The van der Waals surface area contributed by atoms with E-state index < -0.39 is 0 Å². The van der Waals surface area contributed by atoms with Gasteiger partial charge in [0.05, 0.1) is 12.5 Å². The van der Waals surface area contributed by atoms with E-state index in [-0.39, 0.29) is 24.3 Å². The molecule has 1 unspecified atom stereocenters. The third kappa shape index (κ3) is 4.15. The van der Waals surface area contributed by atoms with Crippen molar-refractivity contribution in [3.8, 4) is 0 Å². The highest BCUT2D eigenvalue weighted by Crippen LogP contribution is 2.19. The van der Waals surface area contributed by atoms with E-state index in [9.17, 15) is 9.59 Å². The van der Waals surface area contributed by atoms with Crippen LogP contribution in [0, 0.1) is 6.92 Å². The molecule has 2 N–H and O–H groups in total. The van der Waals surface area contributed by atoms with Gasteiger partial charge in [-0.1, -0.05) is 37.1 Å². The SMILES string of the molecule is Cc1ccccc1CN1CCNC(=O)C1CC(=O)NC1CCCC1. The minimum absolute atomic E-state index is 0.00117. The zero-order valence-electron chi connectivity index (χ0n) is 14.4. The number of hydrogen-bond acceptors (Lipinski definition) is 3. The number of benzene rings is 1. The van der Waals surface area contributed by atoms with Crippen LogP contribution < -0.4 is 10.6 Å². The molecule has 0 aromatic heterocycles. The van der Waals surface area contributed by atoms with Gasteiger partial charge >= 0.3 is 0 Å². The monoisotopic (exact) mass is 329 g/mol. The maximum absolute atomic E-state index is 12.4. The smallest absolute Gasteiger partial charge is 0.237 e. The summed E-state index contributed by atoms with van der Waals surface area (Å²) < 4.78 is 0. The van der Waals surface area contributed by atoms with Crippen LogP contribution in [0.25, 0.3) is 0 Å². The third-order valence-corrected chi connectivity index (χ3v) is 5.18. The highest BCUT2D eigenvalue weighted by Gasteiger charge is 2.32. The summed E-state index contributed by atoms with van der Waals surface area (Å²) in [5.74, 6) is -0.0323. The van der Waals surface area contributed by atoms with E-state index in [1.165, 1.54) is 24.0 Å². The molecule has 5 nitrogen and oxygen atoms in total. The van der Waals surface area contributed by atoms with Crippen LogP contribution >= 0.6 is 0 Å². The lowest BCUT2D eigenvalue weighted by Crippen LogP contribution is -2.56. The van der Waals surface area contributed by atoms with Crippen molar-refractivity contribution < 1.29 is 9.59 Å². The second kappa shape index (κ2) is 7.79. The molecule has 1 heterocycles. The molecular weight excluding hydrogens is 302 g/mol. The first-order valence-electron chi connectivity index (χ1n) is 8.99. The molecule has 2 fully saturated rings. The molecule has 1 aliphatic heterocycles. The van der Waals surface area contributed by atoms with Crippen LogP contribution in [-0.4, -0.2) is 41.9 Å². The van der Waals surface area contributed by atoms with Crippen molar-refractivity contribution >= 4 is 11.8 Å². The van der Waals surface area contributed by atoms with Crippen LogP contribution in [0.5, 0.6) is 0 Å². The van der Waals surface area contributed by atoms with E-state index in [2.05, 4.69) is 34.6 Å². The number of rotatable bonds is 5. The van der Waals surface area contributed by atoms with E-state index in [4.69, 9.17) is 0 Å².